The molecular weight excluding hydrogens is 358 g/mol. The van der Waals surface area contributed by atoms with E-state index in [1.807, 2.05) is 12.1 Å². The summed E-state index contributed by atoms with van der Waals surface area (Å²) in [6.45, 7) is 3.86. The highest BCUT2D eigenvalue weighted by atomic mass is 35.5. The second kappa shape index (κ2) is 6.89. The van der Waals surface area contributed by atoms with Crippen LogP contribution in [0.25, 0.3) is 0 Å². The van der Waals surface area contributed by atoms with E-state index in [2.05, 4.69) is 10.6 Å². The molecule has 7 nitrogen and oxygen atoms in total. The Bertz CT molecular complexity index is 763. The van der Waals surface area contributed by atoms with Gasteiger partial charge < -0.3 is 15.0 Å². The molecule has 3 heterocycles. The van der Waals surface area contributed by atoms with E-state index in [1.165, 1.54) is 0 Å². The monoisotopic (exact) mass is 379 g/mol. The third-order valence-corrected chi connectivity index (χ3v) is 5.38. The maximum atomic E-state index is 12.8. The van der Waals surface area contributed by atoms with E-state index in [1.54, 1.807) is 17.9 Å². The van der Waals surface area contributed by atoms with Gasteiger partial charge in [0.25, 0.3) is 11.8 Å². The number of amides is 3. The molecule has 2 N–H and O–H groups in total. The maximum Gasteiger partial charge on any atom is 0.255 e. The Kier molecular flexibility index (Phi) is 4.94. The van der Waals surface area contributed by atoms with Gasteiger partial charge in [0.15, 0.2) is 0 Å². The lowest BCUT2D eigenvalue weighted by molar-refractivity contribution is -0.142. The SMILES string of the molecule is CC1(N2Cc3cc(O[C@H]4CCNC4)ccc3C2=O)CCC(=O)NC1=O.Cl. The molecule has 3 amide bonds. The summed E-state index contributed by atoms with van der Waals surface area (Å²) >= 11 is 0. The van der Waals surface area contributed by atoms with Crippen molar-refractivity contribution >= 4 is 30.1 Å². The molecule has 0 bridgehead atoms. The van der Waals surface area contributed by atoms with Crippen molar-refractivity contribution in [2.75, 3.05) is 13.1 Å². The summed E-state index contributed by atoms with van der Waals surface area (Å²) < 4.78 is 5.96. The molecule has 0 aromatic heterocycles. The van der Waals surface area contributed by atoms with Crippen molar-refractivity contribution in [1.29, 1.82) is 0 Å². The highest BCUT2D eigenvalue weighted by Gasteiger charge is 2.48. The number of rotatable bonds is 3. The third-order valence-electron chi connectivity index (χ3n) is 5.38. The van der Waals surface area contributed by atoms with E-state index in [-0.39, 0.29) is 36.7 Å². The summed E-state index contributed by atoms with van der Waals surface area (Å²) in [4.78, 5) is 38.1. The number of hydrogen-bond acceptors (Lipinski definition) is 5. The molecule has 140 valence electrons. The van der Waals surface area contributed by atoms with Crippen LogP contribution >= 0.6 is 12.4 Å². The molecule has 1 aromatic rings. The minimum atomic E-state index is -1.000. The van der Waals surface area contributed by atoms with E-state index in [4.69, 9.17) is 4.74 Å². The molecular formula is C18H22ClN3O4. The lowest BCUT2D eigenvalue weighted by Gasteiger charge is -2.39. The van der Waals surface area contributed by atoms with Crippen LogP contribution in [0, 0.1) is 0 Å². The Morgan fingerprint density at radius 2 is 2.08 bits per heavy atom. The quantitative estimate of drug-likeness (QED) is 0.765. The van der Waals surface area contributed by atoms with Crippen LogP contribution in [0.15, 0.2) is 18.2 Å². The third kappa shape index (κ3) is 3.05. The van der Waals surface area contributed by atoms with Crippen LogP contribution in [0.3, 0.4) is 0 Å². The van der Waals surface area contributed by atoms with Crippen LogP contribution < -0.4 is 15.4 Å². The fourth-order valence-electron chi connectivity index (χ4n) is 3.74. The largest absolute Gasteiger partial charge is 0.489 e. The Morgan fingerprint density at radius 1 is 1.27 bits per heavy atom. The van der Waals surface area contributed by atoms with E-state index >= 15 is 0 Å². The smallest absolute Gasteiger partial charge is 0.255 e. The van der Waals surface area contributed by atoms with E-state index in [9.17, 15) is 14.4 Å². The van der Waals surface area contributed by atoms with E-state index < -0.39 is 11.4 Å². The first kappa shape index (κ1) is 18.7. The number of nitrogens with one attached hydrogen (secondary N) is 2. The van der Waals surface area contributed by atoms with Crippen LogP contribution in [0.2, 0.25) is 0 Å². The second-order valence-electron chi connectivity index (χ2n) is 7.09. The molecule has 1 aromatic carbocycles. The Hall–Kier alpha value is -2.12. The number of piperidine rings is 1. The number of benzene rings is 1. The maximum absolute atomic E-state index is 12.8. The first-order chi connectivity index (χ1) is 12.0. The zero-order valence-electron chi connectivity index (χ0n) is 14.5. The number of fused-ring (bicyclic) bond motifs is 1. The van der Waals surface area contributed by atoms with Crippen LogP contribution in [-0.2, 0) is 16.1 Å². The first-order valence-electron chi connectivity index (χ1n) is 8.64. The summed E-state index contributed by atoms with van der Waals surface area (Å²) in [6.07, 6.45) is 1.70. The predicted molar refractivity (Wildman–Crippen MR) is 96.3 cm³/mol. The molecule has 2 fully saturated rings. The molecule has 4 rings (SSSR count). The van der Waals surface area contributed by atoms with Crippen molar-refractivity contribution in [3.8, 4) is 5.75 Å². The molecule has 8 heteroatoms. The molecule has 0 spiro atoms. The molecule has 0 radical (unpaired) electrons. The van der Waals surface area contributed by atoms with Gasteiger partial charge in [-0.25, -0.2) is 0 Å². The minimum Gasteiger partial charge on any atom is -0.489 e. The fourth-order valence-corrected chi connectivity index (χ4v) is 3.74. The minimum absolute atomic E-state index is 0. The number of ether oxygens (including phenoxy) is 1. The number of carbonyl (C=O) groups excluding carboxylic acids is 3. The molecule has 0 aliphatic carbocycles. The van der Waals surface area contributed by atoms with Crippen molar-refractivity contribution in [3.63, 3.8) is 0 Å². The van der Waals surface area contributed by atoms with Gasteiger partial charge in [0.1, 0.15) is 17.4 Å². The zero-order valence-corrected chi connectivity index (χ0v) is 15.4. The summed E-state index contributed by atoms with van der Waals surface area (Å²) in [5.74, 6) is -0.113. The van der Waals surface area contributed by atoms with Gasteiger partial charge in [0, 0.05) is 25.1 Å². The molecule has 26 heavy (non-hydrogen) atoms. The lowest BCUT2D eigenvalue weighted by atomic mass is 9.89. The highest BCUT2D eigenvalue weighted by molar-refractivity contribution is 6.07. The molecule has 0 saturated carbocycles. The van der Waals surface area contributed by atoms with Gasteiger partial charge in [-0.1, -0.05) is 0 Å². The van der Waals surface area contributed by atoms with Gasteiger partial charge in [-0.3, -0.25) is 19.7 Å². The Labute approximate surface area is 157 Å². The van der Waals surface area contributed by atoms with Crippen molar-refractivity contribution in [2.45, 2.75) is 44.4 Å². The average molecular weight is 380 g/mol. The van der Waals surface area contributed by atoms with Crippen molar-refractivity contribution in [3.05, 3.63) is 29.3 Å². The fraction of sp³-hybridized carbons (Fsp3) is 0.500. The molecule has 1 unspecified atom stereocenters. The summed E-state index contributed by atoms with van der Waals surface area (Å²) in [5, 5.41) is 5.61. The van der Waals surface area contributed by atoms with Gasteiger partial charge in [0.2, 0.25) is 5.91 Å². The molecule has 3 aliphatic rings. The van der Waals surface area contributed by atoms with Gasteiger partial charge >= 0.3 is 0 Å². The Balaban J connectivity index is 0.00000196. The lowest BCUT2D eigenvalue weighted by Crippen LogP contribution is -2.61. The highest BCUT2D eigenvalue weighted by Crippen LogP contribution is 2.35. The average Bonchev–Trinajstić information content (AvgIpc) is 3.20. The van der Waals surface area contributed by atoms with Gasteiger partial charge in [-0.15, -0.1) is 12.4 Å². The van der Waals surface area contributed by atoms with Crippen molar-refractivity contribution in [2.24, 2.45) is 0 Å². The Morgan fingerprint density at radius 3 is 2.77 bits per heavy atom. The van der Waals surface area contributed by atoms with Crippen molar-refractivity contribution < 1.29 is 19.1 Å². The second-order valence-corrected chi connectivity index (χ2v) is 7.09. The van der Waals surface area contributed by atoms with Gasteiger partial charge in [-0.05, 0) is 50.1 Å². The zero-order chi connectivity index (χ0) is 17.6. The van der Waals surface area contributed by atoms with Crippen LogP contribution in [0.1, 0.15) is 42.1 Å². The van der Waals surface area contributed by atoms with Crippen LogP contribution in [-0.4, -0.2) is 47.4 Å². The summed E-state index contributed by atoms with van der Waals surface area (Å²) in [7, 11) is 0. The predicted octanol–water partition coefficient (Wildman–Crippen LogP) is 1.00. The van der Waals surface area contributed by atoms with Gasteiger partial charge in [-0.2, -0.15) is 0 Å². The van der Waals surface area contributed by atoms with Crippen molar-refractivity contribution in [1.82, 2.24) is 15.5 Å². The van der Waals surface area contributed by atoms with Crippen LogP contribution in [0.4, 0.5) is 0 Å². The topological polar surface area (TPSA) is 87.7 Å². The number of carbonyl (C=O) groups is 3. The first-order valence-corrected chi connectivity index (χ1v) is 8.64. The number of nitrogens with zero attached hydrogens (tertiary/aromatic N) is 1. The molecule has 2 saturated heterocycles. The normalized spacial score (nSPS) is 27.8. The molecule has 2 atom stereocenters. The standard InChI is InChI=1S/C18H21N3O4.ClH/c1-18(6-4-15(22)20-17(18)24)21-10-11-8-12(2-3-14(11)16(21)23)25-13-5-7-19-9-13;/h2-3,8,13,19H,4-7,9-10H2,1H3,(H,20,22,24);1H/t13-,18?;/m0./s1. The summed E-state index contributed by atoms with van der Waals surface area (Å²) in [5.41, 5.74) is 0.461. The molecule has 3 aliphatic heterocycles. The van der Waals surface area contributed by atoms with E-state index in [0.29, 0.717) is 18.5 Å². The number of halogens is 1. The number of imide groups is 1. The summed E-state index contributed by atoms with van der Waals surface area (Å²) in [6, 6.07) is 5.47. The van der Waals surface area contributed by atoms with Gasteiger partial charge in [0.05, 0.1) is 0 Å². The number of hydrogen-bond donors (Lipinski definition) is 2. The van der Waals surface area contributed by atoms with Crippen LogP contribution in [0.5, 0.6) is 5.75 Å². The van der Waals surface area contributed by atoms with E-state index in [0.717, 1.165) is 30.8 Å².